The standard InChI is InChI=1S/C29H57NO2/c1-3-4-5-6-13-16-19-22-26(2)23-20-17-14-11-9-7-8-10-12-15-18-21-24-28-29(31)27(30)25-32-28/h7-8,26-29,31H,3-6,9-25,30H2,1-2H3. The topological polar surface area (TPSA) is 55.5 Å². The van der Waals surface area contributed by atoms with Gasteiger partial charge in [0, 0.05) is 0 Å². The van der Waals surface area contributed by atoms with Crippen molar-refractivity contribution < 1.29 is 9.84 Å². The molecule has 1 fully saturated rings. The Bertz CT molecular complexity index is 425. The van der Waals surface area contributed by atoms with Crippen molar-refractivity contribution in [3.63, 3.8) is 0 Å². The van der Waals surface area contributed by atoms with Crippen molar-refractivity contribution in [1.29, 1.82) is 0 Å². The van der Waals surface area contributed by atoms with Gasteiger partial charge in [0.25, 0.3) is 0 Å². The Morgan fingerprint density at radius 2 is 1.28 bits per heavy atom. The van der Waals surface area contributed by atoms with Gasteiger partial charge in [0.1, 0.15) is 0 Å². The van der Waals surface area contributed by atoms with Crippen LogP contribution in [0.1, 0.15) is 142 Å². The highest BCUT2D eigenvalue weighted by Crippen LogP contribution is 2.20. The van der Waals surface area contributed by atoms with Gasteiger partial charge in [-0.15, -0.1) is 0 Å². The maximum absolute atomic E-state index is 9.88. The molecule has 0 saturated carbocycles. The van der Waals surface area contributed by atoms with Gasteiger partial charge < -0.3 is 15.6 Å². The largest absolute Gasteiger partial charge is 0.389 e. The number of rotatable bonds is 22. The van der Waals surface area contributed by atoms with E-state index >= 15 is 0 Å². The molecular formula is C29H57NO2. The van der Waals surface area contributed by atoms with Crippen molar-refractivity contribution in [3.8, 4) is 0 Å². The van der Waals surface area contributed by atoms with Gasteiger partial charge in [0.2, 0.25) is 0 Å². The minimum atomic E-state index is -0.462. The zero-order valence-corrected chi connectivity index (χ0v) is 21.7. The summed E-state index contributed by atoms with van der Waals surface area (Å²) >= 11 is 0. The van der Waals surface area contributed by atoms with Gasteiger partial charge in [-0.25, -0.2) is 0 Å². The Morgan fingerprint density at radius 1 is 0.781 bits per heavy atom. The summed E-state index contributed by atoms with van der Waals surface area (Å²) in [6.45, 7) is 5.26. The molecular weight excluding hydrogens is 394 g/mol. The van der Waals surface area contributed by atoms with Crippen LogP contribution in [0, 0.1) is 5.92 Å². The van der Waals surface area contributed by atoms with Crippen molar-refractivity contribution in [2.75, 3.05) is 6.61 Å². The van der Waals surface area contributed by atoms with Crippen LogP contribution in [0.25, 0.3) is 0 Å². The molecule has 0 aromatic carbocycles. The predicted molar refractivity (Wildman–Crippen MR) is 140 cm³/mol. The zero-order valence-electron chi connectivity index (χ0n) is 21.7. The molecule has 32 heavy (non-hydrogen) atoms. The van der Waals surface area contributed by atoms with Crippen LogP contribution in [0.2, 0.25) is 0 Å². The Balaban J connectivity index is 1.77. The molecule has 0 aromatic heterocycles. The lowest BCUT2D eigenvalue weighted by atomic mass is 9.96. The molecule has 0 aromatic rings. The third kappa shape index (κ3) is 16.3. The number of allylic oxidation sites excluding steroid dienone is 2. The molecule has 4 atom stereocenters. The molecule has 1 saturated heterocycles. The highest BCUT2D eigenvalue weighted by Gasteiger charge is 2.32. The lowest BCUT2D eigenvalue weighted by Crippen LogP contribution is -2.36. The van der Waals surface area contributed by atoms with E-state index < -0.39 is 6.10 Å². The Labute approximate surface area is 201 Å². The first-order valence-electron chi connectivity index (χ1n) is 14.3. The van der Waals surface area contributed by atoms with E-state index in [1.54, 1.807) is 0 Å². The van der Waals surface area contributed by atoms with Crippen molar-refractivity contribution in [3.05, 3.63) is 12.2 Å². The summed E-state index contributed by atoms with van der Waals surface area (Å²) in [5.74, 6) is 0.930. The maximum Gasteiger partial charge on any atom is 0.0974 e. The molecule has 3 N–H and O–H groups in total. The molecule has 3 heteroatoms. The van der Waals surface area contributed by atoms with E-state index in [1.807, 2.05) is 0 Å². The minimum Gasteiger partial charge on any atom is -0.389 e. The summed E-state index contributed by atoms with van der Waals surface area (Å²) in [6.07, 6.45) is 31.1. The molecule has 3 nitrogen and oxygen atoms in total. The van der Waals surface area contributed by atoms with E-state index in [-0.39, 0.29) is 12.1 Å². The fourth-order valence-corrected chi connectivity index (χ4v) is 4.86. The summed E-state index contributed by atoms with van der Waals surface area (Å²) < 4.78 is 5.54. The number of nitrogens with two attached hydrogens (primary N) is 1. The number of unbranched alkanes of at least 4 members (excludes halogenated alkanes) is 14. The molecule has 0 amide bonds. The average Bonchev–Trinajstić information content (AvgIpc) is 3.11. The van der Waals surface area contributed by atoms with Gasteiger partial charge in [0.15, 0.2) is 0 Å². The Kier molecular flexibility index (Phi) is 19.6. The number of hydrogen-bond acceptors (Lipinski definition) is 3. The van der Waals surface area contributed by atoms with Gasteiger partial charge >= 0.3 is 0 Å². The minimum absolute atomic E-state index is 0.0294. The van der Waals surface area contributed by atoms with E-state index in [2.05, 4.69) is 26.0 Å². The Morgan fingerprint density at radius 3 is 1.81 bits per heavy atom. The number of aliphatic hydroxyl groups is 1. The van der Waals surface area contributed by atoms with Crippen LogP contribution in [-0.2, 0) is 4.74 Å². The van der Waals surface area contributed by atoms with Crippen molar-refractivity contribution >= 4 is 0 Å². The summed E-state index contributed by atoms with van der Waals surface area (Å²) in [7, 11) is 0. The van der Waals surface area contributed by atoms with Crippen molar-refractivity contribution in [1.82, 2.24) is 0 Å². The molecule has 0 aliphatic carbocycles. The van der Waals surface area contributed by atoms with Crippen LogP contribution in [0.5, 0.6) is 0 Å². The van der Waals surface area contributed by atoms with Crippen LogP contribution < -0.4 is 5.73 Å². The zero-order chi connectivity index (χ0) is 23.3. The van der Waals surface area contributed by atoms with Crippen molar-refractivity contribution in [2.45, 2.75) is 161 Å². The Hall–Kier alpha value is -0.380. The van der Waals surface area contributed by atoms with E-state index in [9.17, 15) is 5.11 Å². The summed E-state index contributed by atoms with van der Waals surface area (Å²) in [5.41, 5.74) is 5.78. The highest BCUT2D eigenvalue weighted by molar-refractivity contribution is 4.86. The second kappa shape index (κ2) is 21.2. The van der Waals surface area contributed by atoms with Crippen molar-refractivity contribution in [2.24, 2.45) is 11.7 Å². The summed E-state index contributed by atoms with van der Waals surface area (Å²) in [4.78, 5) is 0. The molecule has 0 radical (unpaired) electrons. The quantitative estimate of drug-likeness (QED) is 0.129. The smallest absolute Gasteiger partial charge is 0.0974 e. The van der Waals surface area contributed by atoms with E-state index in [4.69, 9.17) is 10.5 Å². The third-order valence-electron chi connectivity index (χ3n) is 7.22. The van der Waals surface area contributed by atoms with Gasteiger partial charge in [-0.3, -0.25) is 0 Å². The fraction of sp³-hybridized carbons (Fsp3) is 0.931. The molecule has 4 unspecified atom stereocenters. The second-order valence-corrected chi connectivity index (χ2v) is 10.5. The van der Waals surface area contributed by atoms with Gasteiger partial charge in [-0.1, -0.05) is 122 Å². The van der Waals surface area contributed by atoms with E-state index in [0.717, 1.165) is 18.8 Å². The van der Waals surface area contributed by atoms with Gasteiger partial charge in [-0.2, -0.15) is 0 Å². The fourth-order valence-electron chi connectivity index (χ4n) is 4.86. The number of aliphatic hydroxyl groups excluding tert-OH is 1. The van der Waals surface area contributed by atoms with E-state index in [1.165, 1.54) is 116 Å². The number of ether oxygens (including phenoxy) is 1. The molecule has 1 aliphatic heterocycles. The van der Waals surface area contributed by atoms with Gasteiger partial charge in [-0.05, 0) is 38.0 Å². The molecule has 0 bridgehead atoms. The molecule has 190 valence electrons. The van der Waals surface area contributed by atoms with Crippen LogP contribution in [-0.4, -0.2) is 30.0 Å². The lowest BCUT2D eigenvalue weighted by Gasteiger charge is -2.14. The summed E-state index contributed by atoms with van der Waals surface area (Å²) in [6, 6.07) is -0.187. The predicted octanol–water partition coefficient (Wildman–Crippen LogP) is 8.09. The van der Waals surface area contributed by atoms with Crippen LogP contribution >= 0.6 is 0 Å². The van der Waals surface area contributed by atoms with Crippen LogP contribution in [0.15, 0.2) is 12.2 Å². The third-order valence-corrected chi connectivity index (χ3v) is 7.22. The first-order valence-corrected chi connectivity index (χ1v) is 14.3. The number of hydrogen-bond donors (Lipinski definition) is 2. The molecule has 1 aliphatic rings. The first-order chi connectivity index (χ1) is 15.6. The highest BCUT2D eigenvalue weighted by atomic mass is 16.5. The van der Waals surface area contributed by atoms with Crippen LogP contribution in [0.4, 0.5) is 0 Å². The lowest BCUT2D eigenvalue weighted by molar-refractivity contribution is 0.0342. The SMILES string of the molecule is CCCCCCCCCC(C)CCCCCCC=CCCCCCCC1OCC(N)C1O. The molecule has 1 rings (SSSR count). The van der Waals surface area contributed by atoms with E-state index in [0.29, 0.717) is 6.61 Å². The monoisotopic (exact) mass is 451 g/mol. The molecule has 0 spiro atoms. The van der Waals surface area contributed by atoms with Gasteiger partial charge in [0.05, 0.1) is 24.9 Å². The summed E-state index contributed by atoms with van der Waals surface area (Å²) in [5, 5.41) is 9.88. The van der Waals surface area contributed by atoms with Crippen LogP contribution in [0.3, 0.4) is 0 Å². The first kappa shape index (κ1) is 29.7. The average molecular weight is 452 g/mol. The second-order valence-electron chi connectivity index (χ2n) is 10.5. The normalized spacial score (nSPS) is 22.2. The maximum atomic E-state index is 9.88. The molecule has 1 heterocycles.